The van der Waals surface area contributed by atoms with E-state index in [9.17, 15) is 9.59 Å². The van der Waals surface area contributed by atoms with Gasteiger partial charge >= 0.3 is 5.76 Å². The summed E-state index contributed by atoms with van der Waals surface area (Å²) in [5.74, 6) is 0.127. The number of unbranched alkanes of at least 4 members (excludes halogenated alkanes) is 1. The SMILES string of the molecule is N#CCCCC1(NC(=O)C(CC2CCCCCC2)Nc2nc(=O)oc3ccccc23)CCNCC1. The number of carbonyl (C=O) groups excluding carboxylic acids is 1. The Kier molecular flexibility index (Phi) is 8.75. The Bertz CT molecular complexity index is 1080. The van der Waals surface area contributed by atoms with Gasteiger partial charge in [0.1, 0.15) is 17.4 Å². The molecule has 4 rings (SSSR count). The normalized spacial score (nSPS) is 19.4. The van der Waals surface area contributed by atoms with Gasteiger partial charge in [-0.05, 0) is 63.2 Å². The molecule has 1 unspecified atom stereocenters. The number of aromatic nitrogens is 1. The summed E-state index contributed by atoms with van der Waals surface area (Å²) in [4.78, 5) is 30.1. The lowest BCUT2D eigenvalue weighted by molar-refractivity contribution is -0.124. The van der Waals surface area contributed by atoms with Crippen molar-refractivity contribution >= 4 is 22.7 Å². The molecule has 1 saturated carbocycles. The van der Waals surface area contributed by atoms with E-state index in [1.54, 1.807) is 6.07 Å². The molecule has 35 heavy (non-hydrogen) atoms. The molecule has 0 radical (unpaired) electrons. The Morgan fingerprint density at radius 2 is 1.94 bits per heavy atom. The number of fused-ring (bicyclic) bond motifs is 1. The second-order valence-corrected chi connectivity index (χ2v) is 10.1. The zero-order chi connectivity index (χ0) is 24.5. The van der Waals surface area contributed by atoms with Gasteiger partial charge < -0.3 is 20.4 Å². The highest BCUT2D eigenvalue weighted by molar-refractivity contribution is 5.91. The minimum Gasteiger partial charge on any atom is -0.408 e. The van der Waals surface area contributed by atoms with Gasteiger partial charge in [0, 0.05) is 12.0 Å². The molecule has 2 aromatic rings. The number of nitrogens with one attached hydrogen (secondary N) is 3. The summed E-state index contributed by atoms with van der Waals surface area (Å²) in [5, 5.41) is 19.9. The average molecular weight is 480 g/mol. The molecule has 0 spiro atoms. The van der Waals surface area contributed by atoms with Crippen molar-refractivity contribution in [3.8, 4) is 6.07 Å². The lowest BCUT2D eigenvalue weighted by Gasteiger charge is -2.40. The summed E-state index contributed by atoms with van der Waals surface area (Å²) in [6.45, 7) is 1.69. The Morgan fingerprint density at radius 1 is 1.20 bits per heavy atom. The maximum Gasteiger partial charge on any atom is 0.441 e. The van der Waals surface area contributed by atoms with Crippen molar-refractivity contribution in [2.24, 2.45) is 5.92 Å². The molecule has 1 atom stereocenters. The second kappa shape index (κ2) is 12.2. The van der Waals surface area contributed by atoms with Gasteiger partial charge in [0.05, 0.1) is 11.5 Å². The van der Waals surface area contributed by atoms with Gasteiger partial charge in [0.2, 0.25) is 5.91 Å². The average Bonchev–Trinajstić information content (AvgIpc) is 3.13. The molecule has 3 N–H and O–H groups in total. The highest BCUT2D eigenvalue weighted by Crippen LogP contribution is 2.30. The van der Waals surface area contributed by atoms with E-state index in [0.717, 1.165) is 51.6 Å². The van der Waals surface area contributed by atoms with E-state index in [1.807, 2.05) is 18.2 Å². The molecule has 1 amide bonds. The fourth-order valence-corrected chi connectivity index (χ4v) is 5.66. The first-order valence-electron chi connectivity index (χ1n) is 13.1. The first-order chi connectivity index (χ1) is 17.1. The van der Waals surface area contributed by atoms with Crippen LogP contribution in [0.25, 0.3) is 11.0 Å². The summed E-state index contributed by atoms with van der Waals surface area (Å²) in [5.41, 5.74) is 0.142. The monoisotopic (exact) mass is 479 g/mol. The van der Waals surface area contributed by atoms with E-state index in [-0.39, 0.29) is 11.4 Å². The van der Waals surface area contributed by atoms with Gasteiger partial charge in [-0.2, -0.15) is 10.2 Å². The van der Waals surface area contributed by atoms with Crippen LogP contribution in [-0.2, 0) is 4.79 Å². The standard InChI is InChI=1S/C27H37N5O3/c28-16-8-7-13-27(14-17-29-18-15-27)32-25(33)22(19-20-9-3-1-2-4-10-20)30-24-21-11-5-6-12-23(21)35-26(34)31-24/h5-6,11-12,20,22,29H,1-4,7-10,13-15,17-19H2,(H,32,33)(H,30,31,34). The van der Waals surface area contributed by atoms with Gasteiger partial charge in [-0.3, -0.25) is 4.79 Å². The number of rotatable bonds is 9. The van der Waals surface area contributed by atoms with E-state index in [4.69, 9.17) is 9.68 Å². The molecule has 2 heterocycles. The van der Waals surface area contributed by atoms with E-state index in [1.165, 1.54) is 25.7 Å². The minimum absolute atomic E-state index is 0.0489. The predicted octanol–water partition coefficient (Wildman–Crippen LogP) is 4.26. The maximum absolute atomic E-state index is 13.8. The quantitative estimate of drug-likeness (QED) is 0.363. The Hall–Kier alpha value is -2.92. The van der Waals surface area contributed by atoms with Crippen molar-refractivity contribution in [3.05, 3.63) is 34.8 Å². The Balaban J connectivity index is 1.59. The van der Waals surface area contributed by atoms with Crippen molar-refractivity contribution in [1.29, 1.82) is 5.26 Å². The molecule has 188 valence electrons. The highest BCUT2D eigenvalue weighted by Gasteiger charge is 2.36. The number of nitrogens with zero attached hydrogens (tertiary/aromatic N) is 2. The molecule has 8 nitrogen and oxygen atoms in total. The number of carbonyl (C=O) groups is 1. The van der Waals surface area contributed by atoms with Crippen molar-refractivity contribution in [2.45, 2.75) is 88.6 Å². The van der Waals surface area contributed by atoms with Crippen LogP contribution >= 0.6 is 0 Å². The third-order valence-electron chi connectivity index (χ3n) is 7.61. The first-order valence-corrected chi connectivity index (χ1v) is 13.1. The lowest BCUT2D eigenvalue weighted by atomic mass is 9.82. The molecule has 1 aliphatic heterocycles. The van der Waals surface area contributed by atoms with Crippen LogP contribution in [0.15, 0.2) is 33.5 Å². The summed E-state index contributed by atoms with van der Waals surface area (Å²) in [7, 11) is 0. The molecule has 1 aliphatic carbocycles. The summed E-state index contributed by atoms with van der Waals surface area (Å²) in [6, 6.07) is 9.00. The number of amides is 1. The molecular weight excluding hydrogens is 442 g/mol. The number of para-hydroxylation sites is 1. The van der Waals surface area contributed by atoms with E-state index >= 15 is 0 Å². The lowest BCUT2D eigenvalue weighted by Crippen LogP contribution is -2.57. The summed E-state index contributed by atoms with van der Waals surface area (Å²) in [6.07, 6.45) is 11.6. The van der Waals surface area contributed by atoms with Crippen molar-refractivity contribution in [1.82, 2.24) is 15.6 Å². The number of nitriles is 1. The molecule has 0 bridgehead atoms. The topological polar surface area (TPSA) is 120 Å². The molecule has 1 saturated heterocycles. The van der Waals surface area contributed by atoms with Gasteiger partial charge in [0.25, 0.3) is 0 Å². The van der Waals surface area contributed by atoms with Crippen LogP contribution in [0.1, 0.15) is 77.0 Å². The van der Waals surface area contributed by atoms with Crippen LogP contribution in [0.3, 0.4) is 0 Å². The van der Waals surface area contributed by atoms with Crippen molar-refractivity contribution in [3.63, 3.8) is 0 Å². The predicted molar refractivity (Wildman–Crippen MR) is 136 cm³/mol. The second-order valence-electron chi connectivity index (χ2n) is 10.1. The van der Waals surface area contributed by atoms with Crippen LogP contribution in [0, 0.1) is 17.2 Å². The van der Waals surface area contributed by atoms with E-state index in [0.29, 0.717) is 35.5 Å². The molecule has 2 aliphatic rings. The van der Waals surface area contributed by atoms with Crippen molar-refractivity contribution in [2.75, 3.05) is 18.4 Å². The van der Waals surface area contributed by atoms with E-state index < -0.39 is 11.8 Å². The number of hydrogen-bond donors (Lipinski definition) is 3. The van der Waals surface area contributed by atoms with Gasteiger partial charge in [-0.1, -0.05) is 50.7 Å². The maximum atomic E-state index is 13.8. The molecule has 1 aromatic carbocycles. The third kappa shape index (κ3) is 6.82. The largest absolute Gasteiger partial charge is 0.441 e. The smallest absolute Gasteiger partial charge is 0.408 e. The number of hydrogen-bond acceptors (Lipinski definition) is 7. The van der Waals surface area contributed by atoms with Crippen LogP contribution < -0.4 is 21.7 Å². The zero-order valence-electron chi connectivity index (χ0n) is 20.5. The van der Waals surface area contributed by atoms with Gasteiger partial charge in [0.15, 0.2) is 0 Å². The van der Waals surface area contributed by atoms with E-state index in [2.05, 4.69) is 27.0 Å². The number of benzene rings is 1. The molecular formula is C27H37N5O3. The van der Waals surface area contributed by atoms with Gasteiger partial charge in [-0.15, -0.1) is 0 Å². The first kappa shape index (κ1) is 25.2. The minimum atomic E-state index is -0.675. The summed E-state index contributed by atoms with van der Waals surface area (Å²) < 4.78 is 5.26. The van der Waals surface area contributed by atoms with Crippen LogP contribution in [0.5, 0.6) is 0 Å². The highest BCUT2D eigenvalue weighted by atomic mass is 16.4. The number of anilines is 1. The zero-order valence-corrected chi connectivity index (χ0v) is 20.5. The Morgan fingerprint density at radius 3 is 2.69 bits per heavy atom. The van der Waals surface area contributed by atoms with Crippen LogP contribution in [-0.4, -0.2) is 35.6 Å². The molecule has 2 fully saturated rings. The fraction of sp³-hybridized carbons (Fsp3) is 0.630. The fourth-order valence-electron chi connectivity index (χ4n) is 5.66. The van der Waals surface area contributed by atoms with Crippen molar-refractivity contribution < 1.29 is 9.21 Å². The Labute approximate surface area is 206 Å². The molecule has 1 aromatic heterocycles. The number of piperidine rings is 1. The third-order valence-corrected chi connectivity index (χ3v) is 7.61. The van der Waals surface area contributed by atoms with Crippen LogP contribution in [0.4, 0.5) is 5.82 Å². The summed E-state index contributed by atoms with van der Waals surface area (Å²) >= 11 is 0. The molecule has 8 heteroatoms. The van der Waals surface area contributed by atoms with Gasteiger partial charge in [-0.25, -0.2) is 4.79 Å². The van der Waals surface area contributed by atoms with Crippen LogP contribution in [0.2, 0.25) is 0 Å².